The van der Waals surface area contributed by atoms with Gasteiger partial charge in [-0.25, -0.2) is 13.8 Å². The zero-order chi connectivity index (χ0) is 19.7. The van der Waals surface area contributed by atoms with Crippen LogP contribution in [0.1, 0.15) is 18.4 Å². The first kappa shape index (κ1) is 19.8. The van der Waals surface area contributed by atoms with Crippen LogP contribution in [0.2, 0.25) is 0 Å². The highest BCUT2D eigenvalue weighted by Gasteiger charge is 2.36. The molecular formula is C18H23BrN4O4S. The van der Waals surface area contributed by atoms with Crippen molar-refractivity contribution in [2.45, 2.75) is 18.9 Å². The zero-order valence-electron chi connectivity index (χ0n) is 15.4. The quantitative estimate of drug-likeness (QED) is 0.679. The largest absolute Gasteiger partial charge is 0.487 e. The lowest BCUT2D eigenvalue weighted by molar-refractivity contribution is -0.138. The molecule has 8 nitrogen and oxygen atoms in total. The number of nitrogens with one attached hydrogen (secondary N) is 2. The number of nitrogens with zero attached hydrogens (tertiary/aromatic N) is 2. The van der Waals surface area contributed by atoms with Crippen LogP contribution in [0.4, 0.5) is 0 Å². The van der Waals surface area contributed by atoms with Gasteiger partial charge in [0.1, 0.15) is 12.4 Å². The molecule has 0 atom stereocenters. The molecule has 152 valence electrons. The summed E-state index contributed by atoms with van der Waals surface area (Å²) in [6.45, 7) is 2.24. The van der Waals surface area contributed by atoms with Gasteiger partial charge in [0.25, 0.3) is 5.91 Å². The van der Waals surface area contributed by atoms with Crippen molar-refractivity contribution in [2.24, 2.45) is 0 Å². The first-order valence-electron chi connectivity index (χ1n) is 9.34. The Hall–Kier alpha value is -1.46. The van der Waals surface area contributed by atoms with Crippen molar-refractivity contribution in [3.8, 4) is 5.75 Å². The topological polar surface area (TPSA) is 91.0 Å². The van der Waals surface area contributed by atoms with Gasteiger partial charge in [-0.1, -0.05) is 22.0 Å². The molecule has 10 heteroatoms. The molecule has 0 bridgehead atoms. The smallest absolute Gasteiger partial charge is 0.252 e. The molecule has 0 radical (unpaired) electrons. The van der Waals surface area contributed by atoms with Crippen molar-refractivity contribution in [1.29, 1.82) is 0 Å². The molecule has 3 aliphatic rings. The predicted molar refractivity (Wildman–Crippen MR) is 109 cm³/mol. The maximum Gasteiger partial charge on any atom is 0.252 e. The van der Waals surface area contributed by atoms with Crippen molar-refractivity contribution in [1.82, 2.24) is 20.1 Å². The zero-order valence-corrected chi connectivity index (χ0v) is 17.8. The second-order valence-electron chi connectivity index (χ2n) is 7.12. The summed E-state index contributed by atoms with van der Waals surface area (Å²) in [5.41, 5.74) is 3.97. The number of ether oxygens (including phenoxy) is 1. The van der Waals surface area contributed by atoms with Gasteiger partial charge in [0.2, 0.25) is 10.0 Å². The minimum Gasteiger partial charge on any atom is -0.487 e. The summed E-state index contributed by atoms with van der Waals surface area (Å²) in [4.78, 5) is 12.7. The highest BCUT2D eigenvalue weighted by atomic mass is 79.9. The summed E-state index contributed by atoms with van der Waals surface area (Å²) in [7, 11) is -3.75. The van der Waals surface area contributed by atoms with E-state index in [4.69, 9.17) is 4.74 Å². The molecule has 1 amide bonds. The van der Waals surface area contributed by atoms with Crippen LogP contribution in [0.15, 0.2) is 27.6 Å². The number of hydrogen-bond acceptors (Lipinski definition) is 6. The SMILES string of the molecule is O=C1CN(S(=O)(=O)C2=Cc3ccc(Br)cc3OC2)CCN1NC1CCNCC1. The lowest BCUT2D eigenvalue weighted by Gasteiger charge is -2.37. The summed E-state index contributed by atoms with van der Waals surface area (Å²) in [5, 5.41) is 4.85. The Labute approximate surface area is 173 Å². The van der Waals surface area contributed by atoms with Crippen LogP contribution >= 0.6 is 15.9 Å². The molecule has 0 spiro atoms. The van der Waals surface area contributed by atoms with E-state index in [0.717, 1.165) is 30.4 Å². The maximum atomic E-state index is 13.0. The minimum atomic E-state index is -3.75. The Bertz CT molecular complexity index is 899. The number of hydrazine groups is 1. The molecule has 0 aromatic heterocycles. The Kier molecular flexibility index (Phi) is 5.75. The van der Waals surface area contributed by atoms with Gasteiger partial charge >= 0.3 is 0 Å². The molecule has 4 rings (SSSR count). The molecule has 3 heterocycles. The lowest BCUT2D eigenvalue weighted by Crippen LogP contribution is -2.60. The van der Waals surface area contributed by atoms with Gasteiger partial charge in [-0.05, 0) is 44.1 Å². The van der Waals surface area contributed by atoms with Crippen LogP contribution in [-0.4, -0.2) is 69.0 Å². The number of rotatable bonds is 4. The molecule has 1 aromatic rings. The van der Waals surface area contributed by atoms with E-state index < -0.39 is 10.0 Å². The number of halogens is 1. The molecule has 28 heavy (non-hydrogen) atoms. The molecule has 3 aliphatic heterocycles. The lowest BCUT2D eigenvalue weighted by atomic mass is 10.1. The average molecular weight is 471 g/mol. The van der Waals surface area contributed by atoms with Gasteiger partial charge in [-0.2, -0.15) is 4.31 Å². The van der Waals surface area contributed by atoms with E-state index >= 15 is 0 Å². The second kappa shape index (κ2) is 8.11. The fraction of sp³-hybridized carbons (Fsp3) is 0.500. The Morgan fingerprint density at radius 1 is 1.21 bits per heavy atom. The highest BCUT2D eigenvalue weighted by molar-refractivity contribution is 9.10. The van der Waals surface area contributed by atoms with Crippen molar-refractivity contribution in [3.63, 3.8) is 0 Å². The van der Waals surface area contributed by atoms with Crippen LogP contribution in [-0.2, 0) is 14.8 Å². The first-order chi connectivity index (χ1) is 13.4. The third-order valence-corrected chi connectivity index (χ3v) is 7.58. The van der Waals surface area contributed by atoms with E-state index in [-0.39, 0.29) is 36.6 Å². The molecule has 0 unspecified atom stereocenters. The fourth-order valence-corrected chi connectivity index (χ4v) is 5.35. The van der Waals surface area contributed by atoms with Crippen LogP contribution in [0.3, 0.4) is 0 Å². The minimum absolute atomic E-state index is 0.0342. The van der Waals surface area contributed by atoms with Crippen LogP contribution in [0, 0.1) is 0 Å². The van der Waals surface area contributed by atoms with E-state index in [9.17, 15) is 13.2 Å². The normalized spacial score (nSPS) is 21.8. The van der Waals surface area contributed by atoms with Crippen LogP contribution < -0.4 is 15.5 Å². The average Bonchev–Trinajstić information content (AvgIpc) is 2.69. The number of piperidine rings is 1. The molecule has 2 fully saturated rings. The maximum absolute atomic E-state index is 13.0. The monoisotopic (exact) mass is 470 g/mol. The summed E-state index contributed by atoms with van der Waals surface area (Å²) in [5.74, 6) is 0.412. The first-order valence-corrected chi connectivity index (χ1v) is 11.6. The van der Waals surface area contributed by atoms with E-state index in [2.05, 4.69) is 26.7 Å². The number of hydrogen-bond donors (Lipinski definition) is 2. The summed E-state index contributed by atoms with van der Waals surface area (Å²) in [6, 6.07) is 5.70. The number of piperazine rings is 1. The summed E-state index contributed by atoms with van der Waals surface area (Å²) in [6.07, 6.45) is 3.53. The number of benzene rings is 1. The third-order valence-electron chi connectivity index (χ3n) is 5.20. The van der Waals surface area contributed by atoms with E-state index in [1.807, 2.05) is 12.1 Å². The Morgan fingerprint density at radius 3 is 2.75 bits per heavy atom. The molecule has 1 aromatic carbocycles. The van der Waals surface area contributed by atoms with Gasteiger partial charge in [0, 0.05) is 22.6 Å². The van der Waals surface area contributed by atoms with Crippen molar-refractivity contribution in [2.75, 3.05) is 39.3 Å². The number of carbonyl (C=O) groups is 1. The van der Waals surface area contributed by atoms with Crippen molar-refractivity contribution >= 4 is 37.9 Å². The van der Waals surface area contributed by atoms with E-state index in [1.165, 1.54) is 4.31 Å². The molecular weight excluding hydrogens is 448 g/mol. The summed E-state index contributed by atoms with van der Waals surface area (Å²) < 4.78 is 33.8. The molecule has 2 saturated heterocycles. The van der Waals surface area contributed by atoms with Gasteiger partial charge < -0.3 is 10.1 Å². The Morgan fingerprint density at radius 2 is 2.00 bits per heavy atom. The number of carbonyl (C=O) groups excluding carboxylic acids is 1. The fourth-order valence-electron chi connectivity index (χ4n) is 3.60. The number of fused-ring (bicyclic) bond motifs is 1. The Balaban J connectivity index is 1.44. The van der Waals surface area contributed by atoms with Crippen molar-refractivity contribution in [3.05, 3.63) is 33.1 Å². The predicted octanol–water partition coefficient (Wildman–Crippen LogP) is 0.913. The number of sulfonamides is 1. The second-order valence-corrected chi connectivity index (χ2v) is 10.0. The van der Waals surface area contributed by atoms with E-state index in [0.29, 0.717) is 17.9 Å². The van der Waals surface area contributed by atoms with Crippen LogP contribution in [0.25, 0.3) is 6.08 Å². The highest BCUT2D eigenvalue weighted by Crippen LogP contribution is 2.32. The van der Waals surface area contributed by atoms with Crippen molar-refractivity contribution < 1.29 is 17.9 Å². The standard InChI is InChI=1S/C18H23BrN4O4S/c19-14-2-1-13-9-16(12-27-17(13)10-14)28(25,26)22-7-8-23(18(24)11-22)21-15-3-5-20-6-4-15/h1-2,9-10,15,20-21H,3-8,11-12H2. The van der Waals surface area contributed by atoms with Gasteiger partial charge in [-0.3, -0.25) is 9.80 Å². The van der Waals surface area contributed by atoms with Gasteiger partial charge in [0.05, 0.1) is 18.0 Å². The van der Waals surface area contributed by atoms with Gasteiger partial charge in [-0.15, -0.1) is 0 Å². The molecule has 0 saturated carbocycles. The third kappa shape index (κ3) is 4.11. The summed E-state index contributed by atoms with van der Waals surface area (Å²) >= 11 is 3.38. The van der Waals surface area contributed by atoms with E-state index in [1.54, 1.807) is 17.2 Å². The number of amides is 1. The van der Waals surface area contributed by atoms with Gasteiger partial charge in [0.15, 0.2) is 0 Å². The molecule has 0 aliphatic carbocycles. The molecule has 2 N–H and O–H groups in total. The van der Waals surface area contributed by atoms with Crippen LogP contribution in [0.5, 0.6) is 5.75 Å².